The van der Waals surface area contributed by atoms with Crippen LogP contribution in [0.15, 0.2) is 82.4 Å². The van der Waals surface area contributed by atoms with Crippen LogP contribution in [-0.4, -0.2) is 26.2 Å². The van der Waals surface area contributed by atoms with E-state index in [9.17, 15) is 4.79 Å². The van der Waals surface area contributed by atoms with Crippen molar-refractivity contribution < 1.29 is 13.9 Å². The molecule has 0 radical (unpaired) electrons. The molecule has 0 unspecified atom stereocenters. The third kappa shape index (κ3) is 5.55. The molecule has 5 aromatic rings. The summed E-state index contributed by atoms with van der Waals surface area (Å²) in [4.78, 5) is 17.0. The van der Waals surface area contributed by atoms with Crippen molar-refractivity contribution in [3.63, 3.8) is 0 Å². The number of rotatable bonds is 8. The summed E-state index contributed by atoms with van der Waals surface area (Å²) in [7, 11) is 0. The number of hydrogen-bond acceptors (Lipinski definition) is 5. The lowest BCUT2D eigenvalue weighted by molar-refractivity contribution is 0.0923. The molecule has 4 aromatic heterocycles. The first-order valence-corrected chi connectivity index (χ1v) is 12.7. The Bertz CT molecular complexity index is 1630. The Morgan fingerprint density at radius 2 is 1.67 bits per heavy atom. The van der Waals surface area contributed by atoms with E-state index in [0.717, 1.165) is 34.0 Å². The van der Waals surface area contributed by atoms with Crippen LogP contribution in [-0.2, 0) is 6.61 Å². The van der Waals surface area contributed by atoms with Crippen LogP contribution in [0.25, 0.3) is 11.5 Å². The van der Waals surface area contributed by atoms with Crippen molar-refractivity contribution in [1.29, 1.82) is 0 Å². The molecule has 8 heteroatoms. The normalized spacial score (nSPS) is 11.3. The molecule has 0 saturated heterocycles. The number of pyridine rings is 1. The van der Waals surface area contributed by atoms with E-state index in [2.05, 4.69) is 50.6 Å². The smallest absolute Gasteiger partial charge is 0.307 e. The maximum absolute atomic E-state index is 12.6. The van der Waals surface area contributed by atoms with E-state index in [0.29, 0.717) is 11.5 Å². The second kappa shape index (κ2) is 10.9. The van der Waals surface area contributed by atoms with Gasteiger partial charge in [-0.05, 0) is 107 Å². The van der Waals surface area contributed by atoms with Crippen LogP contribution in [0.1, 0.15) is 50.2 Å². The van der Waals surface area contributed by atoms with Crippen LogP contribution in [0, 0.1) is 34.6 Å². The maximum Gasteiger partial charge on any atom is 0.307 e. The van der Waals surface area contributed by atoms with Crippen LogP contribution in [0.3, 0.4) is 0 Å². The van der Waals surface area contributed by atoms with Crippen LogP contribution in [0.2, 0.25) is 0 Å². The second-order valence-corrected chi connectivity index (χ2v) is 9.55. The summed E-state index contributed by atoms with van der Waals surface area (Å²) < 4.78 is 15.8. The lowest BCUT2D eigenvalue weighted by Crippen LogP contribution is -2.16. The zero-order valence-corrected chi connectivity index (χ0v) is 22.7. The van der Waals surface area contributed by atoms with Gasteiger partial charge in [0.2, 0.25) is 0 Å². The monoisotopic (exact) mass is 521 g/mol. The molecule has 5 rings (SSSR count). The Morgan fingerprint density at radius 3 is 2.38 bits per heavy atom. The van der Waals surface area contributed by atoms with E-state index >= 15 is 0 Å². The number of hydrazone groups is 1. The molecule has 0 saturated carbocycles. The fraction of sp³-hybridized carbons (Fsp3) is 0.194. The van der Waals surface area contributed by atoms with Gasteiger partial charge in [-0.2, -0.15) is 5.10 Å². The quantitative estimate of drug-likeness (QED) is 0.196. The molecular weight excluding hydrogens is 490 g/mol. The SMILES string of the molecule is Cc1ccnc(-n2c(C)cc(/C=N/NC(=O)c3ccc(COc4ccc(-n5c(C)ccc5C)cc4)o3)c2C)c1. The summed E-state index contributed by atoms with van der Waals surface area (Å²) in [6, 6.07) is 21.4. The van der Waals surface area contributed by atoms with E-state index in [4.69, 9.17) is 9.15 Å². The first-order valence-electron chi connectivity index (χ1n) is 12.7. The van der Waals surface area contributed by atoms with Gasteiger partial charge in [0.05, 0.1) is 6.21 Å². The predicted octanol–water partition coefficient (Wildman–Crippen LogP) is 6.14. The zero-order valence-electron chi connectivity index (χ0n) is 22.7. The highest BCUT2D eigenvalue weighted by Crippen LogP contribution is 2.21. The highest BCUT2D eigenvalue weighted by molar-refractivity contribution is 5.92. The van der Waals surface area contributed by atoms with E-state index in [-0.39, 0.29) is 12.4 Å². The van der Waals surface area contributed by atoms with Crippen LogP contribution < -0.4 is 10.2 Å². The fourth-order valence-corrected chi connectivity index (χ4v) is 4.63. The lowest BCUT2D eigenvalue weighted by Gasteiger charge is -2.10. The summed E-state index contributed by atoms with van der Waals surface area (Å²) in [6.45, 7) is 10.4. The molecule has 1 amide bonds. The Balaban J connectivity index is 1.18. The maximum atomic E-state index is 12.6. The highest BCUT2D eigenvalue weighted by atomic mass is 16.5. The number of aryl methyl sites for hydroxylation is 4. The van der Waals surface area contributed by atoms with E-state index in [1.807, 2.05) is 63.2 Å². The van der Waals surface area contributed by atoms with Gasteiger partial charge in [0.15, 0.2) is 5.76 Å². The molecule has 0 aliphatic carbocycles. The Labute approximate surface area is 227 Å². The van der Waals surface area contributed by atoms with E-state index < -0.39 is 5.91 Å². The molecule has 8 nitrogen and oxygen atoms in total. The molecule has 1 aromatic carbocycles. The molecule has 0 aliphatic heterocycles. The van der Waals surface area contributed by atoms with Crippen molar-refractivity contribution in [1.82, 2.24) is 19.5 Å². The first kappa shape index (κ1) is 25.8. The third-order valence-electron chi connectivity index (χ3n) is 6.60. The van der Waals surface area contributed by atoms with Crippen molar-refractivity contribution in [2.24, 2.45) is 5.10 Å². The Kier molecular flexibility index (Phi) is 7.19. The highest BCUT2D eigenvalue weighted by Gasteiger charge is 2.13. The van der Waals surface area contributed by atoms with Gasteiger partial charge < -0.3 is 18.3 Å². The van der Waals surface area contributed by atoms with Crippen molar-refractivity contribution in [2.75, 3.05) is 0 Å². The number of nitrogens with zero attached hydrogens (tertiary/aromatic N) is 4. The minimum absolute atomic E-state index is 0.161. The van der Waals surface area contributed by atoms with Crippen molar-refractivity contribution in [3.8, 4) is 17.3 Å². The second-order valence-electron chi connectivity index (χ2n) is 9.55. The van der Waals surface area contributed by atoms with Gasteiger partial charge >= 0.3 is 5.91 Å². The largest absolute Gasteiger partial charge is 0.486 e. The van der Waals surface area contributed by atoms with Gasteiger partial charge in [-0.15, -0.1) is 0 Å². The van der Waals surface area contributed by atoms with Crippen LogP contribution in [0.5, 0.6) is 5.75 Å². The Morgan fingerprint density at radius 1 is 0.923 bits per heavy atom. The minimum Gasteiger partial charge on any atom is -0.486 e. The zero-order chi connectivity index (χ0) is 27.5. The topological polar surface area (TPSA) is 86.6 Å². The minimum atomic E-state index is -0.437. The van der Waals surface area contributed by atoms with Crippen molar-refractivity contribution >= 4 is 12.1 Å². The van der Waals surface area contributed by atoms with Gasteiger partial charge in [0.25, 0.3) is 0 Å². The van der Waals surface area contributed by atoms with Gasteiger partial charge in [-0.1, -0.05) is 0 Å². The van der Waals surface area contributed by atoms with Gasteiger partial charge in [-0.25, -0.2) is 10.4 Å². The number of hydrogen-bond donors (Lipinski definition) is 1. The summed E-state index contributed by atoms with van der Waals surface area (Å²) in [5.41, 5.74) is 9.99. The molecule has 0 atom stereocenters. The van der Waals surface area contributed by atoms with Crippen LogP contribution >= 0.6 is 0 Å². The first-order chi connectivity index (χ1) is 18.8. The summed E-state index contributed by atoms with van der Waals surface area (Å²) in [5.74, 6) is 1.83. The number of nitrogens with one attached hydrogen (secondary N) is 1. The summed E-state index contributed by atoms with van der Waals surface area (Å²) in [6.07, 6.45) is 3.42. The molecule has 0 fully saturated rings. The molecule has 0 spiro atoms. The standard InChI is InChI=1S/C31H31N5O3/c1-20-14-15-32-30(16-20)36-23(4)17-25(24(36)5)18-33-34-31(37)29-13-12-28(39-29)19-38-27-10-8-26(9-11-27)35-21(2)6-7-22(35)3/h6-18H,19H2,1-5H3,(H,34,37)/b33-18+. The van der Waals surface area contributed by atoms with Crippen molar-refractivity contribution in [3.05, 3.63) is 118 Å². The van der Waals surface area contributed by atoms with E-state index in [1.54, 1.807) is 24.5 Å². The average molecular weight is 522 g/mol. The number of carbonyl (C=O) groups excluding carboxylic acids is 1. The molecule has 4 heterocycles. The fourth-order valence-electron chi connectivity index (χ4n) is 4.63. The lowest BCUT2D eigenvalue weighted by atomic mass is 10.2. The summed E-state index contributed by atoms with van der Waals surface area (Å²) in [5, 5.41) is 4.14. The summed E-state index contributed by atoms with van der Waals surface area (Å²) >= 11 is 0. The number of benzene rings is 1. The van der Waals surface area contributed by atoms with Gasteiger partial charge in [-0.3, -0.25) is 4.79 Å². The van der Waals surface area contributed by atoms with E-state index in [1.165, 1.54) is 11.4 Å². The number of carbonyl (C=O) groups is 1. The number of ether oxygens (including phenoxy) is 1. The van der Waals surface area contributed by atoms with Gasteiger partial charge in [0.1, 0.15) is 23.9 Å². The molecule has 198 valence electrons. The molecule has 0 aliphatic rings. The number of amides is 1. The predicted molar refractivity (Wildman–Crippen MR) is 151 cm³/mol. The molecule has 0 bridgehead atoms. The Hall–Kier alpha value is -4.85. The molecular formula is C31H31N5O3. The van der Waals surface area contributed by atoms with Gasteiger partial charge in [0, 0.05) is 40.2 Å². The average Bonchev–Trinajstić information content (AvgIpc) is 3.60. The van der Waals surface area contributed by atoms with Crippen LogP contribution in [0.4, 0.5) is 0 Å². The van der Waals surface area contributed by atoms with Crippen molar-refractivity contribution in [2.45, 2.75) is 41.2 Å². The molecule has 39 heavy (non-hydrogen) atoms. The number of furan rings is 1. The third-order valence-corrected chi connectivity index (χ3v) is 6.60. The number of aromatic nitrogens is 3. The molecule has 1 N–H and O–H groups in total.